The predicted octanol–water partition coefficient (Wildman–Crippen LogP) is 4.60. The second kappa shape index (κ2) is 10.7. The van der Waals surface area contributed by atoms with Crippen molar-refractivity contribution in [2.24, 2.45) is 0 Å². The van der Waals surface area contributed by atoms with E-state index in [1.807, 2.05) is 24.3 Å². The summed E-state index contributed by atoms with van der Waals surface area (Å²) < 4.78 is 5.75. The van der Waals surface area contributed by atoms with Gasteiger partial charge in [-0.1, -0.05) is 67.8 Å². The van der Waals surface area contributed by atoms with Gasteiger partial charge in [0.25, 0.3) is 0 Å². The van der Waals surface area contributed by atoms with Gasteiger partial charge >= 0.3 is 12.1 Å². The summed E-state index contributed by atoms with van der Waals surface area (Å²) in [5, 5.41) is 14.5. The number of alkyl carbamates (subject to hydrolysis) is 1. The molecule has 0 unspecified atom stereocenters. The molecule has 0 saturated heterocycles. The summed E-state index contributed by atoms with van der Waals surface area (Å²) in [7, 11) is 0. The fraction of sp³-hybridized carbons (Fsp3) is 0.444. The average molecular weight is 465 g/mol. The van der Waals surface area contributed by atoms with Crippen LogP contribution in [0.25, 0.3) is 11.1 Å². The summed E-state index contributed by atoms with van der Waals surface area (Å²) in [5.41, 5.74) is 4.24. The van der Waals surface area contributed by atoms with E-state index in [-0.39, 0.29) is 37.8 Å². The molecule has 3 N–H and O–H groups in total. The van der Waals surface area contributed by atoms with Crippen LogP contribution >= 0.6 is 0 Å². The molecule has 34 heavy (non-hydrogen) atoms. The lowest BCUT2D eigenvalue weighted by atomic mass is 9.78. The highest BCUT2D eigenvalue weighted by molar-refractivity contribution is 5.79. The molecule has 0 radical (unpaired) electrons. The first-order valence-electron chi connectivity index (χ1n) is 12.1. The topological polar surface area (TPSA) is 105 Å². The number of carboxylic acid groups (broad SMARTS) is 1. The minimum atomic E-state index is -0.944. The second-order valence-electron chi connectivity index (χ2n) is 9.29. The Bertz CT molecular complexity index is 999. The third-order valence-corrected chi connectivity index (χ3v) is 7.01. The normalized spacial score (nSPS) is 16.2. The molecule has 7 heteroatoms. The summed E-state index contributed by atoms with van der Waals surface area (Å²) in [4.78, 5) is 35.7. The maximum atomic E-state index is 12.9. The van der Waals surface area contributed by atoms with Crippen molar-refractivity contribution in [3.63, 3.8) is 0 Å². The first-order chi connectivity index (χ1) is 16.5. The number of carbonyl (C=O) groups excluding carboxylic acids is 2. The van der Waals surface area contributed by atoms with Crippen LogP contribution in [0.15, 0.2) is 48.5 Å². The van der Waals surface area contributed by atoms with Crippen LogP contribution in [0.4, 0.5) is 4.79 Å². The smallest absolute Gasteiger partial charge is 0.407 e. The molecule has 1 fully saturated rings. The van der Waals surface area contributed by atoms with Gasteiger partial charge in [-0.15, -0.1) is 0 Å². The van der Waals surface area contributed by atoms with Crippen molar-refractivity contribution in [3.05, 3.63) is 59.7 Å². The van der Waals surface area contributed by atoms with E-state index in [9.17, 15) is 14.4 Å². The molecular weight excluding hydrogens is 432 g/mol. The molecule has 0 aromatic heterocycles. The SMILES string of the molecule is O=C(O)CCNC(=O)CCC1(NC(=O)OCC2c3ccccc3-c3ccccc32)CCCCC1. The summed E-state index contributed by atoms with van der Waals surface area (Å²) >= 11 is 0. The molecule has 1 saturated carbocycles. The van der Waals surface area contributed by atoms with Crippen molar-refractivity contribution in [1.29, 1.82) is 0 Å². The van der Waals surface area contributed by atoms with E-state index < -0.39 is 17.6 Å². The van der Waals surface area contributed by atoms with E-state index in [0.29, 0.717) is 6.42 Å². The lowest BCUT2D eigenvalue weighted by Crippen LogP contribution is -2.50. The van der Waals surface area contributed by atoms with Gasteiger partial charge in [-0.2, -0.15) is 0 Å². The Kier molecular flexibility index (Phi) is 7.50. The summed E-state index contributed by atoms with van der Waals surface area (Å²) in [6, 6.07) is 16.5. The molecule has 0 aliphatic heterocycles. The molecule has 2 aromatic rings. The molecule has 180 valence electrons. The summed E-state index contributed by atoms with van der Waals surface area (Å²) in [6.07, 6.45) is 4.90. The number of fused-ring (bicyclic) bond motifs is 3. The lowest BCUT2D eigenvalue weighted by Gasteiger charge is -2.37. The molecule has 0 spiro atoms. The van der Waals surface area contributed by atoms with Crippen LogP contribution in [0.5, 0.6) is 0 Å². The van der Waals surface area contributed by atoms with E-state index in [4.69, 9.17) is 9.84 Å². The van der Waals surface area contributed by atoms with Crippen molar-refractivity contribution < 1.29 is 24.2 Å². The van der Waals surface area contributed by atoms with Gasteiger partial charge in [-0.3, -0.25) is 9.59 Å². The number of hydrogen-bond acceptors (Lipinski definition) is 4. The summed E-state index contributed by atoms with van der Waals surface area (Å²) in [5.74, 6) is -1.14. The monoisotopic (exact) mass is 464 g/mol. The Labute approximate surface area is 199 Å². The number of aliphatic carboxylic acids is 1. The zero-order valence-corrected chi connectivity index (χ0v) is 19.3. The maximum absolute atomic E-state index is 12.9. The third kappa shape index (κ3) is 5.58. The van der Waals surface area contributed by atoms with E-state index in [1.54, 1.807) is 0 Å². The highest BCUT2D eigenvalue weighted by atomic mass is 16.5. The molecule has 0 heterocycles. The number of rotatable bonds is 9. The van der Waals surface area contributed by atoms with Gasteiger partial charge < -0.3 is 20.5 Å². The molecule has 7 nitrogen and oxygen atoms in total. The number of ether oxygens (including phenoxy) is 1. The van der Waals surface area contributed by atoms with E-state index >= 15 is 0 Å². The molecule has 4 rings (SSSR count). The molecular formula is C27H32N2O5. The quantitative estimate of drug-likeness (QED) is 0.503. The van der Waals surface area contributed by atoms with Crippen LogP contribution in [0.3, 0.4) is 0 Å². The van der Waals surface area contributed by atoms with Gasteiger partial charge in [-0.05, 0) is 41.5 Å². The summed E-state index contributed by atoms with van der Waals surface area (Å²) in [6.45, 7) is 0.368. The molecule has 2 amide bonds. The Morgan fingerprint density at radius 2 is 1.53 bits per heavy atom. The second-order valence-corrected chi connectivity index (χ2v) is 9.29. The van der Waals surface area contributed by atoms with Gasteiger partial charge in [0.05, 0.1) is 6.42 Å². The van der Waals surface area contributed by atoms with Gasteiger partial charge in [0, 0.05) is 24.4 Å². The van der Waals surface area contributed by atoms with Crippen molar-refractivity contribution in [3.8, 4) is 11.1 Å². The highest BCUT2D eigenvalue weighted by Gasteiger charge is 2.35. The predicted molar refractivity (Wildman–Crippen MR) is 129 cm³/mol. The van der Waals surface area contributed by atoms with E-state index in [0.717, 1.165) is 32.1 Å². The standard InChI is InChI=1S/C27H32N2O5/c30-24(28-17-13-25(31)32)12-16-27(14-6-1-7-15-27)29-26(33)34-18-23-21-10-4-2-8-19(21)20-9-3-5-11-22(20)23/h2-5,8-11,23H,1,6-7,12-18H2,(H,28,30)(H,29,33)(H,31,32). The van der Waals surface area contributed by atoms with Crippen LogP contribution in [0.2, 0.25) is 0 Å². The highest BCUT2D eigenvalue weighted by Crippen LogP contribution is 2.44. The first kappa shape index (κ1) is 23.8. The van der Waals surface area contributed by atoms with Crippen LogP contribution in [-0.2, 0) is 14.3 Å². The van der Waals surface area contributed by atoms with Gasteiger partial charge in [0.1, 0.15) is 6.61 Å². The van der Waals surface area contributed by atoms with Crippen molar-refractivity contribution >= 4 is 18.0 Å². The zero-order chi connectivity index (χ0) is 24.0. The van der Waals surface area contributed by atoms with Crippen LogP contribution in [0.1, 0.15) is 68.4 Å². The molecule has 2 aliphatic rings. The van der Waals surface area contributed by atoms with Crippen LogP contribution in [-0.4, -0.2) is 41.8 Å². The Hall–Kier alpha value is -3.35. The lowest BCUT2D eigenvalue weighted by molar-refractivity contribution is -0.136. The van der Waals surface area contributed by atoms with Crippen LogP contribution in [0, 0.1) is 0 Å². The third-order valence-electron chi connectivity index (χ3n) is 7.01. The minimum Gasteiger partial charge on any atom is -0.481 e. The fourth-order valence-electron chi connectivity index (χ4n) is 5.27. The van der Waals surface area contributed by atoms with Crippen LogP contribution < -0.4 is 10.6 Å². The maximum Gasteiger partial charge on any atom is 0.407 e. The first-order valence-corrected chi connectivity index (χ1v) is 12.1. The Morgan fingerprint density at radius 1 is 0.912 bits per heavy atom. The number of hydrogen-bond donors (Lipinski definition) is 3. The molecule has 0 atom stereocenters. The van der Waals surface area contributed by atoms with E-state index in [1.165, 1.54) is 22.3 Å². The zero-order valence-electron chi connectivity index (χ0n) is 19.3. The number of carbonyl (C=O) groups is 3. The van der Waals surface area contributed by atoms with Gasteiger partial charge in [0.15, 0.2) is 0 Å². The Balaban J connectivity index is 1.35. The van der Waals surface area contributed by atoms with Gasteiger partial charge in [-0.25, -0.2) is 4.79 Å². The fourth-order valence-corrected chi connectivity index (χ4v) is 5.27. The number of carboxylic acids is 1. The number of benzene rings is 2. The number of nitrogens with one attached hydrogen (secondary N) is 2. The van der Waals surface area contributed by atoms with E-state index in [2.05, 4.69) is 34.9 Å². The molecule has 2 aromatic carbocycles. The van der Waals surface area contributed by atoms with Crippen molar-refractivity contribution in [2.75, 3.05) is 13.2 Å². The molecule has 2 aliphatic carbocycles. The van der Waals surface area contributed by atoms with Gasteiger partial charge in [0.2, 0.25) is 5.91 Å². The van der Waals surface area contributed by atoms with Crippen molar-refractivity contribution in [1.82, 2.24) is 10.6 Å². The minimum absolute atomic E-state index is 0.000434. The number of amides is 2. The largest absolute Gasteiger partial charge is 0.481 e. The van der Waals surface area contributed by atoms with Crippen molar-refractivity contribution in [2.45, 2.75) is 62.8 Å². The molecule has 0 bridgehead atoms. The Morgan fingerprint density at radius 3 is 2.15 bits per heavy atom. The average Bonchev–Trinajstić information content (AvgIpc) is 3.16.